The number of azide groups is 1. The van der Waals surface area contributed by atoms with Crippen molar-refractivity contribution in [2.75, 3.05) is 0 Å². The van der Waals surface area contributed by atoms with Crippen LogP contribution in [0.2, 0.25) is 0 Å². The van der Waals surface area contributed by atoms with E-state index in [0.717, 1.165) is 0 Å². The molecule has 0 aliphatic rings. The van der Waals surface area contributed by atoms with Crippen LogP contribution in [0.25, 0.3) is 20.9 Å². The van der Waals surface area contributed by atoms with E-state index >= 15 is 0 Å². The summed E-state index contributed by atoms with van der Waals surface area (Å²) in [5, 5.41) is 0. The SMILES string of the molecule is [N-]=[N+]=NS(=O)(=O)N=[N+]=[N-].[NaH]. The van der Waals surface area contributed by atoms with Gasteiger partial charge in [0.25, 0.3) is 0 Å². The number of hydrogen-bond acceptors (Lipinski definition) is 2. The van der Waals surface area contributed by atoms with Crippen molar-refractivity contribution in [3.63, 3.8) is 0 Å². The van der Waals surface area contributed by atoms with Crippen LogP contribution in [-0.2, 0) is 10.2 Å². The van der Waals surface area contributed by atoms with E-state index in [1.165, 1.54) is 0 Å². The molecule has 0 fully saturated rings. The summed E-state index contributed by atoms with van der Waals surface area (Å²) in [5.41, 5.74) is 15.0. The monoisotopic (exact) mass is 172 g/mol. The van der Waals surface area contributed by atoms with Gasteiger partial charge in [0.05, 0.1) is 0 Å². The zero-order valence-electron chi connectivity index (χ0n) is 3.91. The van der Waals surface area contributed by atoms with E-state index in [-0.39, 0.29) is 29.6 Å². The second kappa shape index (κ2) is 5.36. The standard InChI is InChI=1S/N6O2S.Na.H/c1-3-5-9(7,8)6-4-2;;. The van der Waals surface area contributed by atoms with Crippen LogP contribution in [0.5, 0.6) is 0 Å². The zero-order valence-corrected chi connectivity index (χ0v) is 4.72. The molecule has 0 aliphatic carbocycles. The van der Waals surface area contributed by atoms with Crippen molar-refractivity contribution in [1.29, 1.82) is 0 Å². The number of hydrogen-bond donors (Lipinski definition) is 0. The molecular formula is HN6NaO2S. The third kappa shape index (κ3) is 5.70. The zero-order chi connectivity index (χ0) is 7.33. The van der Waals surface area contributed by atoms with E-state index in [1.807, 2.05) is 9.82 Å². The molecule has 8 nitrogen and oxygen atoms in total. The summed E-state index contributed by atoms with van der Waals surface area (Å²) < 4.78 is 24.3. The van der Waals surface area contributed by atoms with Gasteiger partial charge in [-0.1, -0.05) is 0 Å². The Balaban J connectivity index is 0. The second-order valence-electron chi connectivity index (χ2n) is 0.790. The molecule has 0 heterocycles. The van der Waals surface area contributed by atoms with Gasteiger partial charge in [0.2, 0.25) is 0 Å². The van der Waals surface area contributed by atoms with Gasteiger partial charge in [0, 0.05) is 18.9 Å². The van der Waals surface area contributed by atoms with Crippen LogP contribution in [0.4, 0.5) is 0 Å². The summed E-state index contributed by atoms with van der Waals surface area (Å²) in [6.45, 7) is 0. The molecule has 50 valence electrons. The molecule has 0 atom stereocenters. The summed E-state index contributed by atoms with van der Waals surface area (Å²) in [4.78, 5) is 3.80. The van der Waals surface area contributed by atoms with Crippen LogP contribution in [0.3, 0.4) is 0 Å². The van der Waals surface area contributed by atoms with Crippen molar-refractivity contribution in [1.82, 2.24) is 0 Å². The third-order valence-corrected chi connectivity index (χ3v) is 0.838. The van der Waals surface area contributed by atoms with E-state index in [9.17, 15) is 8.42 Å². The predicted molar refractivity (Wildman–Crippen MR) is 34.4 cm³/mol. The van der Waals surface area contributed by atoms with E-state index in [0.29, 0.717) is 0 Å². The average molecular weight is 172 g/mol. The molecule has 0 aliphatic heterocycles. The molecule has 0 amide bonds. The topological polar surface area (TPSA) is 132 Å². The van der Waals surface area contributed by atoms with Gasteiger partial charge in [0.1, 0.15) is 0 Å². The van der Waals surface area contributed by atoms with Crippen LogP contribution in [0, 0.1) is 0 Å². The molecular weight excluding hydrogens is 171 g/mol. The summed E-state index contributed by atoms with van der Waals surface area (Å²) in [6.07, 6.45) is 0. The molecule has 0 spiro atoms. The van der Waals surface area contributed by atoms with Crippen LogP contribution in [-0.4, -0.2) is 38.0 Å². The molecule has 0 rings (SSSR count). The molecule has 0 saturated heterocycles. The Hall–Kier alpha value is -0.430. The first-order valence-electron chi connectivity index (χ1n) is 1.50. The first kappa shape index (κ1) is 12.3. The van der Waals surface area contributed by atoms with Crippen molar-refractivity contribution < 1.29 is 8.42 Å². The fourth-order valence-corrected chi connectivity index (χ4v) is 0.326. The van der Waals surface area contributed by atoms with E-state index in [2.05, 4.69) is 9.04 Å². The Kier molecular flexibility index (Phi) is 6.58. The Morgan fingerprint density at radius 3 is 1.60 bits per heavy atom. The Bertz CT molecular complexity index is 253. The van der Waals surface area contributed by atoms with Gasteiger partial charge in [-0.3, -0.25) is 0 Å². The molecule has 10 heteroatoms. The predicted octanol–water partition coefficient (Wildman–Crippen LogP) is 0.203. The maximum atomic E-state index is 9.99. The van der Waals surface area contributed by atoms with Gasteiger partial charge in [-0.15, -0.1) is 0 Å². The summed E-state index contributed by atoms with van der Waals surface area (Å²) in [7, 11) is -4.27. The second-order valence-corrected chi connectivity index (χ2v) is 2.01. The van der Waals surface area contributed by atoms with Gasteiger partial charge in [-0.2, -0.15) is 0 Å². The molecule has 0 bridgehead atoms. The molecule has 0 aromatic heterocycles. The number of rotatable bonds is 2. The van der Waals surface area contributed by atoms with Crippen LogP contribution in [0.1, 0.15) is 0 Å². The average Bonchev–Trinajstić information content (AvgIpc) is 1.64. The quantitative estimate of drug-likeness (QED) is 0.255. The molecule has 0 aromatic carbocycles. The van der Waals surface area contributed by atoms with Crippen molar-refractivity contribution in [2.45, 2.75) is 0 Å². The maximum absolute atomic E-state index is 9.99. The van der Waals surface area contributed by atoms with Gasteiger partial charge in [-0.05, 0) is 11.1 Å². The van der Waals surface area contributed by atoms with Gasteiger partial charge in [-0.25, -0.2) is 8.42 Å². The molecule has 10 heavy (non-hydrogen) atoms. The molecule has 0 aromatic rings. The third-order valence-electron chi connectivity index (χ3n) is 0.279. The Morgan fingerprint density at radius 1 is 1.10 bits per heavy atom. The molecule has 0 radical (unpaired) electrons. The van der Waals surface area contributed by atoms with E-state index in [4.69, 9.17) is 11.1 Å². The van der Waals surface area contributed by atoms with Crippen molar-refractivity contribution in [2.24, 2.45) is 9.04 Å². The van der Waals surface area contributed by atoms with Crippen molar-refractivity contribution in [3.8, 4) is 0 Å². The fourth-order valence-electron chi connectivity index (χ4n) is 0.109. The molecule has 0 unspecified atom stereocenters. The fraction of sp³-hybridized carbons (Fsp3) is 0. The molecule has 0 N–H and O–H groups in total. The van der Waals surface area contributed by atoms with Gasteiger partial charge >= 0.3 is 39.8 Å². The van der Waals surface area contributed by atoms with Crippen molar-refractivity contribution in [3.05, 3.63) is 20.9 Å². The van der Waals surface area contributed by atoms with Gasteiger partial charge < -0.3 is 0 Å². The first-order valence-corrected chi connectivity index (χ1v) is 2.90. The minimum absolute atomic E-state index is 0. The first-order chi connectivity index (χ1) is 4.12. The van der Waals surface area contributed by atoms with Crippen LogP contribution < -0.4 is 0 Å². The van der Waals surface area contributed by atoms with Crippen LogP contribution >= 0.6 is 0 Å². The Labute approximate surface area is 78.0 Å². The van der Waals surface area contributed by atoms with E-state index in [1.54, 1.807) is 0 Å². The summed E-state index contributed by atoms with van der Waals surface area (Å²) >= 11 is 0. The summed E-state index contributed by atoms with van der Waals surface area (Å²) in [5.74, 6) is 0. The van der Waals surface area contributed by atoms with Crippen LogP contribution in [0.15, 0.2) is 9.04 Å². The van der Waals surface area contributed by atoms with Crippen molar-refractivity contribution >= 4 is 39.8 Å². The summed E-state index contributed by atoms with van der Waals surface area (Å²) in [6, 6.07) is 0. The molecule has 0 saturated carbocycles. The Morgan fingerprint density at radius 2 is 1.40 bits per heavy atom. The number of nitrogens with zero attached hydrogens (tertiary/aromatic N) is 6. The van der Waals surface area contributed by atoms with E-state index < -0.39 is 10.2 Å². The van der Waals surface area contributed by atoms with Gasteiger partial charge in [0.15, 0.2) is 0 Å². The minimum atomic E-state index is -4.27. The normalized spacial score (nSPS) is 8.00.